The number of carbonyl (C=O) groups is 1. The largest absolute Gasteiger partial charge is 0.374 e. The zero-order valence-corrected chi connectivity index (χ0v) is 10.1. The Labute approximate surface area is 92.4 Å². The zero-order valence-electron chi connectivity index (χ0n) is 10.1. The quantitative estimate of drug-likeness (QED) is 0.700. The van der Waals surface area contributed by atoms with E-state index in [0.717, 1.165) is 5.92 Å². The fourth-order valence-corrected chi connectivity index (χ4v) is 2.69. The molecule has 0 aromatic carbocycles. The molecule has 0 bridgehead atoms. The molecule has 2 fully saturated rings. The van der Waals surface area contributed by atoms with Gasteiger partial charge in [-0.05, 0) is 18.8 Å². The van der Waals surface area contributed by atoms with Crippen molar-refractivity contribution in [3.8, 4) is 0 Å². The lowest BCUT2D eigenvalue weighted by Gasteiger charge is -2.44. The van der Waals surface area contributed by atoms with Gasteiger partial charge in [0.2, 0.25) is 0 Å². The number of ether oxygens (including phenoxy) is 1. The minimum atomic E-state index is -0.222. The minimum absolute atomic E-state index is 0.181. The maximum Gasteiger partial charge on any atom is 0.143 e. The molecule has 0 N–H and O–H groups in total. The van der Waals surface area contributed by atoms with Gasteiger partial charge >= 0.3 is 0 Å². The van der Waals surface area contributed by atoms with Crippen molar-refractivity contribution in [3.05, 3.63) is 0 Å². The molecule has 0 saturated heterocycles. The first-order valence-electron chi connectivity index (χ1n) is 6.19. The lowest BCUT2D eigenvalue weighted by Crippen LogP contribution is -2.52. The van der Waals surface area contributed by atoms with Crippen LogP contribution in [0.5, 0.6) is 0 Å². The maximum absolute atomic E-state index is 11.4. The highest BCUT2D eigenvalue weighted by Crippen LogP contribution is 2.41. The van der Waals surface area contributed by atoms with E-state index in [9.17, 15) is 4.79 Å². The summed E-state index contributed by atoms with van der Waals surface area (Å²) >= 11 is 0. The van der Waals surface area contributed by atoms with E-state index < -0.39 is 0 Å². The van der Waals surface area contributed by atoms with Gasteiger partial charge in [0.05, 0.1) is 17.6 Å². The first-order chi connectivity index (χ1) is 7.00. The highest BCUT2D eigenvalue weighted by Gasteiger charge is 2.49. The van der Waals surface area contributed by atoms with Gasteiger partial charge in [-0.25, -0.2) is 0 Å². The molecule has 0 aromatic rings. The monoisotopic (exact) mass is 210 g/mol. The molecule has 0 amide bonds. The smallest absolute Gasteiger partial charge is 0.143 e. The zero-order chi connectivity index (χ0) is 11.1. The van der Waals surface area contributed by atoms with E-state index in [4.69, 9.17) is 4.74 Å². The molecular formula is C13H22O2. The van der Waals surface area contributed by atoms with E-state index in [-0.39, 0.29) is 11.5 Å². The van der Waals surface area contributed by atoms with Crippen LogP contribution >= 0.6 is 0 Å². The topological polar surface area (TPSA) is 26.3 Å². The van der Waals surface area contributed by atoms with Gasteiger partial charge in [0, 0.05) is 6.42 Å². The third-order valence-electron chi connectivity index (χ3n) is 4.14. The second-order valence-electron chi connectivity index (χ2n) is 5.87. The fraction of sp³-hybridized carbons (Fsp3) is 0.923. The first-order valence-corrected chi connectivity index (χ1v) is 6.19. The van der Waals surface area contributed by atoms with Gasteiger partial charge in [0.1, 0.15) is 5.78 Å². The molecule has 2 saturated carbocycles. The van der Waals surface area contributed by atoms with Crippen LogP contribution in [-0.2, 0) is 9.53 Å². The molecule has 0 heterocycles. The SMILES string of the molecule is CC1CCCC(OC2CC(=O)C2(C)C)C1. The molecule has 2 aliphatic rings. The number of carbonyl (C=O) groups excluding carboxylic acids is 1. The van der Waals surface area contributed by atoms with Crippen molar-refractivity contribution in [2.75, 3.05) is 0 Å². The van der Waals surface area contributed by atoms with Crippen molar-refractivity contribution < 1.29 is 9.53 Å². The highest BCUT2D eigenvalue weighted by molar-refractivity contribution is 5.91. The predicted octanol–water partition coefficient (Wildman–Crippen LogP) is 2.95. The number of hydrogen-bond acceptors (Lipinski definition) is 2. The van der Waals surface area contributed by atoms with Crippen LogP contribution in [0.4, 0.5) is 0 Å². The first kappa shape index (κ1) is 11.1. The summed E-state index contributed by atoms with van der Waals surface area (Å²) in [5.74, 6) is 1.15. The van der Waals surface area contributed by atoms with Gasteiger partial charge in [-0.15, -0.1) is 0 Å². The van der Waals surface area contributed by atoms with Crippen LogP contribution in [0.3, 0.4) is 0 Å². The number of rotatable bonds is 2. The Balaban J connectivity index is 1.85. The van der Waals surface area contributed by atoms with E-state index in [1.165, 1.54) is 25.7 Å². The highest BCUT2D eigenvalue weighted by atomic mass is 16.5. The Bertz CT molecular complexity index is 257. The summed E-state index contributed by atoms with van der Waals surface area (Å²) in [6.07, 6.45) is 6.22. The van der Waals surface area contributed by atoms with Crippen LogP contribution in [0.25, 0.3) is 0 Å². The third-order valence-corrected chi connectivity index (χ3v) is 4.14. The summed E-state index contributed by atoms with van der Waals surface area (Å²) in [6.45, 7) is 6.32. The molecule has 0 aliphatic heterocycles. The van der Waals surface area contributed by atoms with Crippen LogP contribution in [-0.4, -0.2) is 18.0 Å². The Morgan fingerprint density at radius 3 is 2.60 bits per heavy atom. The molecule has 15 heavy (non-hydrogen) atoms. The maximum atomic E-state index is 11.4. The third kappa shape index (κ3) is 2.10. The van der Waals surface area contributed by atoms with Crippen molar-refractivity contribution in [2.24, 2.45) is 11.3 Å². The molecule has 2 rings (SSSR count). The van der Waals surface area contributed by atoms with Crippen LogP contribution in [0.1, 0.15) is 52.9 Å². The molecule has 86 valence electrons. The summed E-state index contributed by atoms with van der Waals surface area (Å²) < 4.78 is 6.06. The predicted molar refractivity (Wildman–Crippen MR) is 59.7 cm³/mol. The normalized spacial score (nSPS) is 39.9. The second kappa shape index (κ2) is 3.89. The van der Waals surface area contributed by atoms with E-state index in [0.29, 0.717) is 18.3 Å². The minimum Gasteiger partial charge on any atom is -0.374 e. The van der Waals surface area contributed by atoms with E-state index >= 15 is 0 Å². The summed E-state index contributed by atoms with van der Waals surface area (Å²) in [6, 6.07) is 0. The molecule has 3 unspecified atom stereocenters. The number of hydrogen-bond donors (Lipinski definition) is 0. The lowest BCUT2D eigenvalue weighted by atomic mass is 9.67. The Hall–Kier alpha value is -0.370. The van der Waals surface area contributed by atoms with Gasteiger partial charge in [-0.2, -0.15) is 0 Å². The molecule has 2 heteroatoms. The van der Waals surface area contributed by atoms with Crippen LogP contribution in [0, 0.1) is 11.3 Å². The van der Waals surface area contributed by atoms with E-state index in [2.05, 4.69) is 6.92 Å². The van der Waals surface area contributed by atoms with Gasteiger partial charge in [0.25, 0.3) is 0 Å². The van der Waals surface area contributed by atoms with Gasteiger partial charge in [0.15, 0.2) is 0 Å². The summed E-state index contributed by atoms with van der Waals surface area (Å²) in [5, 5.41) is 0. The van der Waals surface area contributed by atoms with E-state index in [1.807, 2.05) is 13.8 Å². The molecule has 0 spiro atoms. The van der Waals surface area contributed by atoms with Crippen molar-refractivity contribution in [1.29, 1.82) is 0 Å². The average molecular weight is 210 g/mol. The van der Waals surface area contributed by atoms with Gasteiger partial charge in [-0.1, -0.05) is 33.6 Å². The average Bonchev–Trinajstić information content (AvgIpc) is 2.17. The summed E-state index contributed by atoms with van der Waals surface area (Å²) in [4.78, 5) is 11.4. The van der Waals surface area contributed by atoms with Gasteiger partial charge < -0.3 is 4.74 Å². The van der Waals surface area contributed by atoms with Crippen LogP contribution in [0.2, 0.25) is 0 Å². The Morgan fingerprint density at radius 2 is 2.07 bits per heavy atom. The molecule has 2 aliphatic carbocycles. The van der Waals surface area contributed by atoms with Crippen LogP contribution in [0.15, 0.2) is 0 Å². The van der Waals surface area contributed by atoms with Crippen LogP contribution < -0.4 is 0 Å². The molecule has 2 nitrogen and oxygen atoms in total. The second-order valence-corrected chi connectivity index (χ2v) is 5.87. The summed E-state index contributed by atoms with van der Waals surface area (Å²) in [5.41, 5.74) is -0.222. The molecular weight excluding hydrogens is 188 g/mol. The van der Waals surface area contributed by atoms with Crippen molar-refractivity contribution in [3.63, 3.8) is 0 Å². The van der Waals surface area contributed by atoms with Crippen molar-refractivity contribution in [2.45, 2.75) is 65.1 Å². The number of ketones is 1. The Morgan fingerprint density at radius 1 is 1.33 bits per heavy atom. The fourth-order valence-electron chi connectivity index (χ4n) is 2.69. The number of Topliss-reactive ketones (excluding diaryl/α,β-unsaturated/α-hetero) is 1. The standard InChI is InChI=1S/C13H22O2/c1-9-5-4-6-10(7-9)15-12-8-11(14)13(12,2)3/h9-10,12H,4-8H2,1-3H3. The van der Waals surface area contributed by atoms with Crippen molar-refractivity contribution >= 4 is 5.78 Å². The lowest BCUT2D eigenvalue weighted by molar-refractivity contribution is -0.169. The molecule has 0 aromatic heterocycles. The molecule has 0 radical (unpaired) electrons. The summed E-state index contributed by atoms with van der Waals surface area (Å²) in [7, 11) is 0. The Kier molecular flexibility index (Phi) is 2.89. The van der Waals surface area contributed by atoms with Gasteiger partial charge in [-0.3, -0.25) is 4.79 Å². The van der Waals surface area contributed by atoms with E-state index in [1.54, 1.807) is 0 Å². The van der Waals surface area contributed by atoms with Crippen molar-refractivity contribution in [1.82, 2.24) is 0 Å². The molecule has 3 atom stereocenters.